The van der Waals surface area contributed by atoms with Crippen molar-refractivity contribution in [2.45, 2.75) is 13.0 Å². The second kappa shape index (κ2) is 9.40. The van der Waals surface area contributed by atoms with Gasteiger partial charge in [0.2, 0.25) is 5.91 Å². The average molecular weight is 481 g/mol. The first-order valence-electron chi connectivity index (χ1n) is 9.01. The van der Waals surface area contributed by atoms with E-state index in [1.807, 2.05) is 0 Å². The number of ketones is 1. The van der Waals surface area contributed by atoms with E-state index in [1.54, 1.807) is 60.4 Å². The van der Waals surface area contributed by atoms with Gasteiger partial charge >= 0.3 is 0 Å². The van der Waals surface area contributed by atoms with Crippen molar-refractivity contribution in [1.29, 1.82) is 0 Å². The number of Topliss-reactive ketones (excluding diaryl/α,β-unsaturated/α-hetero) is 1. The van der Waals surface area contributed by atoms with E-state index in [2.05, 4.69) is 6.58 Å². The Kier molecular flexibility index (Phi) is 7.10. The van der Waals surface area contributed by atoms with Gasteiger partial charge < -0.3 is 4.90 Å². The number of hydrogen-bond acceptors (Lipinski definition) is 2. The van der Waals surface area contributed by atoms with Gasteiger partial charge in [0, 0.05) is 11.1 Å². The molecule has 1 heterocycles. The summed E-state index contributed by atoms with van der Waals surface area (Å²) in [7, 11) is 0. The van der Waals surface area contributed by atoms with Crippen LogP contribution in [-0.2, 0) is 9.59 Å². The van der Waals surface area contributed by atoms with Gasteiger partial charge in [0.1, 0.15) is 0 Å². The minimum absolute atomic E-state index is 0.157. The number of piperidine rings is 1. The zero-order chi connectivity index (χ0) is 22.0. The topological polar surface area (TPSA) is 37.4 Å². The largest absolute Gasteiger partial charge is 0.328 e. The van der Waals surface area contributed by atoms with Gasteiger partial charge in [0.15, 0.2) is 5.78 Å². The highest BCUT2D eigenvalue weighted by Crippen LogP contribution is 2.30. The molecule has 1 aliphatic heterocycles. The molecular weight excluding hydrogens is 464 g/mol. The van der Waals surface area contributed by atoms with Crippen LogP contribution >= 0.6 is 46.4 Å². The van der Waals surface area contributed by atoms with Crippen LogP contribution in [0.4, 0.5) is 0 Å². The molecule has 1 amide bonds. The standard InChI is InChI=1S/C23H17Cl4NO2/c1-3-22(29)28-12-16(8-14-4-6-18(24)20(26)10-14)23(30)17(13(28)2)9-15-5-7-19(25)21(27)11-15/h3-11,13H,1,12H2,2H3/b16-8+,17-9+. The Balaban J connectivity index is 2.09. The molecule has 2 aromatic carbocycles. The quantitative estimate of drug-likeness (QED) is 0.455. The normalized spacial score (nSPS) is 19.4. The predicted molar refractivity (Wildman–Crippen MR) is 125 cm³/mol. The number of nitrogens with zero attached hydrogens (tertiary/aromatic N) is 1. The summed E-state index contributed by atoms with van der Waals surface area (Å²) in [5, 5.41) is 1.61. The molecule has 1 atom stereocenters. The van der Waals surface area contributed by atoms with Crippen LogP contribution in [0.15, 0.2) is 60.2 Å². The van der Waals surface area contributed by atoms with Crippen LogP contribution in [0.2, 0.25) is 20.1 Å². The molecule has 1 fully saturated rings. The summed E-state index contributed by atoms with van der Waals surface area (Å²) in [6, 6.07) is 9.74. The minimum Gasteiger partial charge on any atom is -0.328 e. The summed E-state index contributed by atoms with van der Waals surface area (Å²) in [5.74, 6) is -0.428. The zero-order valence-corrected chi connectivity index (χ0v) is 19.0. The number of halogens is 4. The number of amides is 1. The third-order valence-corrected chi connectivity index (χ3v) is 6.30. The van der Waals surface area contributed by atoms with E-state index < -0.39 is 6.04 Å². The molecule has 0 spiro atoms. The Labute approximate surface area is 195 Å². The van der Waals surface area contributed by atoms with E-state index >= 15 is 0 Å². The summed E-state index contributed by atoms with van der Waals surface area (Å²) in [6.45, 7) is 5.53. The van der Waals surface area contributed by atoms with Crippen LogP contribution in [0.3, 0.4) is 0 Å². The second-order valence-electron chi connectivity index (χ2n) is 6.79. The minimum atomic E-state index is -0.441. The van der Waals surface area contributed by atoms with Crippen molar-refractivity contribution < 1.29 is 9.59 Å². The van der Waals surface area contributed by atoms with E-state index in [0.29, 0.717) is 42.4 Å². The van der Waals surface area contributed by atoms with E-state index in [1.165, 1.54) is 6.08 Å². The molecule has 30 heavy (non-hydrogen) atoms. The van der Waals surface area contributed by atoms with Crippen molar-refractivity contribution >= 4 is 70.2 Å². The third kappa shape index (κ3) is 4.81. The highest BCUT2D eigenvalue weighted by atomic mass is 35.5. The molecule has 0 N–H and O–H groups in total. The van der Waals surface area contributed by atoms with Crippen LogP contribution in [0.25, 0.3) is 12.2 Å². The number of rotatable bonds is 3. The maximum Gasteiger partial charge on any atom is 0.246 e. The van der Waals surface area contributed by atoms with E-state index in [4.69, 9.17) is 46.4 Å². The van der Waals surface area contributed by atoms with Crippen molar-refractivity contribution in [3.05, 3.63) is 91.4 Å². The Hall–Kier alpha value is -2.04. The van der Waals surface area contributed by atoms with Crippen molar-refractivity contribution in [2.24, 2.45) is 0 Å². The number of hydrogen-bond donors (Lipinski definition) is 0. The first-order valence-corrected chi connectivity index (χ1v) is 10.5. The highest BCUT2D eigenvalue weighted by molar-refractivity contribution is 6.42. The maximum absolute atomic E-state index is 13.3. The summed E-state index contributed by atoms with van der Waals surface area (Å²) < 4.78 is 0. The van der Waals surface area contributed by atoms with Gasteiger partial charge in [-0.05, 0) is 60.5 Å². The molecule has 0 radical (unpaired) electrons. The lowest BCUT2D eigenvalue weighted by Gasteiger charge is -2.35. The average Bonchev–Trinajstić information content (AvgIpc) is 2.72. The number of benzene rings is 2. The van der Waals surface area contributed by atoms with E-state index in [9.17, 15) is 9.59 Å². The van der Waals surface area contributed by atoms with Crippen molar-refractivity contribution in [3.63, 3.8) is 0 Å². The van der Waals surface area contributed by atoms with Gasteiger partial charge in [0.25, 0.3) is 0 Å². The van der Waals surface area contributed by atoms with Gasteiger partial charge in [-0.3, -0.25) is 9.59 Å². The summed E-state index contributed by atoms with van der Waals surface area (Å²) in [6.07, 6.45) is 4.67. The van der Waals surface area contributed by atoms with E-state index in [-0.39, 0.29) is 18.2 Å². The molecular formula is C23H17Cl4NO2. The van der Waals surface area contributed by atoms with Crippen molar-refractivity contribution in [2.75, 3.05) is 6.54 Å². The number of carbonyl (C=O) groups excluding carboxylic acids is 2. The fourth-order valence-electron chi connectivity index (χ4n) is 3.20. The fourth-order valence-corrected chi connectivity index (χ4v) is 3.82. The van der Waals surface area contributed by atoms with Gasteiger partial charge in [-0.2, -0.15) is 0 Å². The molecule has 2 aromatic rings. The molecule has 1 saturated heterocycles. The predicted octanol–water partition coefficient (Wildman–Crippen LogP) is 6.75. The molecule has 0 aliphatic carbocycles. The maximum atomic E-state index is 13.3. The van der Waals surface area contributed by atoms with Crippen molar-refractivity contribution in [1.82, 2.24) is 4.90 Å². The lowest BCUT2D eigenvalue weighted by molar-refractivity contribution is -0.128. The summed E-state index contributed by atoms with van der Waals surface area (Å²) in [4.78, 5) is 27.3. The Morgan fingerprint density at radius 1 is 0.967 bits per heavy atom. The number of carbonyl (C=O) groups is 2. The highest BCUT2D eigenvalue weighted by Gasteiger charge is 2.34. The molecule has 3 nitrogen and oxygen atoms in total. The monoisotopic (exact) mass is 479 g/mol. The Morgan fingerprint density at radius 3 is 2.00 bits per heavy atom. The second-order valence-corrected chi connectivity index (χ2v) is 8.42. The van der Waals surface area contributed by atoms with Gasteiger partial charge in [-0.15, -0.1) is 0 Å². The van der Waals surface area contributed by atoms with Gasteiger partial charge in [0.05, 0.1) is 32.7 Å². The molecule has 1 unspecified atom stereocenters. The van der Waals surface area contributed by atoms with Crippen LogP contribution < -0.4 is 0 Å². The van der Waals surface area contributed by atoms with Crippen LogP contribution in [-0.4, -0.2) is 29.2 Å². The lowest BCUT2D eigenvalue weighted by atomic mass is 9.89. The van der Waals surface area contributed by atoms with Crippen molar-refractivity contribution in [3.8, 4) is 0 Å². The molecule has 154 valence electrons. The first-order chi connectivity index (χ1) is 14.2. The Morgan fingerprint density at radius 2 is 1.50 bits per heavy atom. The zero-order valence-electron chi connectivity index (χ0n) is 16.0. The van der Waals surface area contributed by atoms with E-state index in [0.717, 1.165) is 0 Å². The molecule has 1 aliphatic rings. The number of likely N-dealkylation sites (tertiary alicyclic amines) is 1. The smallest absolute Gasteiger partial charge is 0.246 e. The Bertz CT molecular complexity index is 1100. The van der Waals surface area contributed by atoms with Crippen LogP contribution in [0.5, 0.6) is 0 Å². The fraction of sp³-hybridized carbons (Fsp3) is 0.130. The first kappa shape index (κ1) is 22.6. The summed E-state index contributed by atoms with van der Waals surface area (Å²) in [5.41, 5.74) is 2.33. The molecule has 7 heteroatoms. The lowest BCUT2D eigenvalue weighted by Crippen LogP contribution is -2.47. The molecule has 3 rings (SSSR count). The SMILES string of the molecule is C=CC(=O)N1C/C(=C\c2ccc(Cl)c(Cl)c2)C(=O)/C(=C/c2ccc(Cl)c(Cl)c2)C1C. The summed E-state index contributed by atoms with van der Waals surface area (Å²) >= 11 is 24.2. The third-order valence-electron chi connectivity index (χ3n) is 4.82. The van der Waals surface area contributed by atoms with Gasteiger partial charge in [-0.25, -0.2) is 0 Å². The molecule has 0 bridgehead atoms. The molecule has 0 saturated carbocycles. The van der Waals surface area contributed by atoms with Crippen LogP contribution in [0, 0.1) is 0 Å². The van der Waals surface area contributed by atoms with Gasteiger partial charge in [-0.1, -0.05) is 65.1 Å². The molecule has 0 aromatic heterocycles. The van der Waals surface area contributed by atoms with Crippen LogP contribution in [0.1, 0.15) is 18.1 Å².